The van der Waals surface area contributed by atoms with Crippen LogP contribution in [0.2, 0.25) is 0 Å². The van der Waals surface area contributed by atoms with Crippen molar-refractivity contribution in [1.29, 1.82) is 0 Å². The number of halogens is 1. The van der Waals surface area contributed by atoms with E-state index in [1.807, 2.05) is 6.92 Å². The zero-order valence-corrected chi connectivity index (χ0v) is 20.3. The zero-order valence-electron chi connectivity index (χ0n) is 18.7. The molecule has 180 valence electrons. The van der Waals surface area contributed by atoms with Gasteiger partial charge in [0.05, 0.1) is 18.4 Å². The number of amides is 1. The Kier molecular flexibility index (Phi) is 9.79. The van der Waals surface area contributed by atoms with Gasteiger partial charge in [0.2, 0.25) is 15.9 Å². The van der Waals surface area contributed by atoms with E-state index >= 15 is 0 Å². The highest BCUT2D eigenvalue weighted by Gasteiger charge is 2.33. The van der Waals surface area contributed by atoms with E-state index in [1.54, 1.807) is 12.1 Å². The lowest BCUT2D eigenvalue weighted by Gasteiger charge is -2.28. The summed E-state index contributed by atoms with van der Waals surface area (Å²) in [6.45, 7) is 6.32. The van der Waals surface area contributed by atoms with Crippen LogP contribution in [-0.2, 0) is 14.8 Å². The van der Waals surface area contributed by atoms with Gasteiger partial charge in [-0.2, -0.15) is 0 Å². The Morgan fingerprint density at radius 2 is 1.94 bits per heavy atom. The van der Waals surface area contributed by atoms with Crippen molar-refractivity contribution in [3.05, 3.63) is 30.1 Å². The monoisotopic (exact) mass is 478 g/mol. The Morgan fingerprint density at radius 3 is 2.45 bits per heavy atom. The van der Waals surface area contributed by atoms with Crippen LogP contribution in [0, 0.1) is 23.6 Å². The standard InChI is InChI=1S/C22H35FN2O4S2.2H2/c1-5-19(21(26)12-16-11-14(2)10-15(16)3)24-22(27)20(25-31(4,28)29)13-30-18-8-6-17(23)7-9-18;;/h6-9,14-16,19-21,25-26H,5,10-13H2,1-4H3,(H,24,27);2*1H/t14?,15?,16?,19-,20+,21+;;/m0../s1. The highest BCUT2D eigenvalue weighted by atomic mass is 32.2. The summed E-state index contributed by atoms with van der Waals surface area (Å²) in [7, 11) is -3.62. The van der Waals surface area contributed by atoms with E-state index in [0.717, 1.165) is 24.0 Å². The molecule has 0 aromatic heterocycles. The number of hydrogen-bond donors (Lipinski definition) is 3. The van der Waals surface area contributed by atoms with Gasteiger partial charge in [-0.1, -0.05) is 20.8 Å². The molecule has 0 aliphatic heterocycles. The molecule has 1 fully saturated rings. The molecule has 0 heterocycles. The number of nitrogens with one attached hydrogen (secondary N) is 2. The van der Waals surface area contributed by atoms with Crippen LogP contribution in [0.1, 0.15) is 49.3 Å². The fourth-order valence-corrected chi connectivity index (χ4v) is 6.10. The van der Waals surface area contributed by atoms with Crippen LogP contribution in [0.15, 0.2) is 29.2 Å². The van der Waals surface area contributed by atoms with Gasteiger partial charge in [0.25, 0.3) is 0 Å². The van der Waals surface area contributed by atoms with Gasteiger partial charge < -0.3 is 10.4 Å². The number of hydrogen-bond acceptors (Lipinski definition) is 5. The second kappa shape index (κ2) is 11.6. The van der Waals surface area contributed by atoms with E-state index in [0.29, 0.717) is 30.6 Å². The van der Waals surface area contributed by atoms with Gasteiger partial charge in [0.1, 0.15) is 11.9 Å². The van der Waals surface area contributed by atoms with Crippen LogP contribution in [-0.4, -0.2) is 49.6 Å². The quantitative estimate of drug-likeness (QED) is 0.422. The van der Waals surface area contributed by atoms with Crippen molar-refractivity contribution in [2.45, 2.75) is 69.5 Å². The normalized spacial score (nSPS) is 24.5. The van der Waals surface area contributed by atoms with E-state index in [2.05, 4.69) is 23.9 Å². The number of sulfonamides is 1. The maximum absolute atomic E-state index is 13.1. The van der Waals surface area contributed by atoms with Crippen molar-refractivity contribution in [3.8, 4) is 0 Å². The number of carbonyl (C=O) groups is 1. The highest BCUT2D eigenvalue weighted by molar-refractivity contribution is 7.99. The van der Waals surface area contributed by atoms with Crippen LogP contribution in [0.3, 0.4) is 0 Å². The second-order valence-electron chi connectivity index (χ2n) is 8.85. The molecule has 0 bridgehead atoms. The smallest absolute Gasteiger partial charge is 0.239 e. The molecule has 31 heavy (non-hydrogen) atoms. The minimum Gasteiger partial charge on any atom is -0.391 e. The summed E-state index contributed by atoms with van der Waals surface area (Å²) in [5.41, 5.74) is 0. The topological polar surface area (TPSA) is 95.5 Å². The zero-order chi connectivity index (χ0) is 23.2. The van der Waals surface area contributed by atoms with Crippen molar-refractivity contribution in [1.82, 2.24) is 10.0 Å². The van der Waals surface area contributed by atoms with Crippen molar-refractivity contribution in [3.63, 3.8) is 0 Å². The molecule has 2 rings (SSSR count). The minimum atomic E-state index is -3.62. The van der Waals surface area contributed by atoms with Crippen molar-refractivity contribution in [2.24, 2.45) is 17.8 Å². The van der Waals surface area contributed by atoms with Crippen LogP contribution in [0.25, 0.3) is 0 Å². The Bertz CT molecular complexity index is 830. The first-order valence-corrected chi connectivity index (χ1v) is 13.7. The van der Waals surface area contributed by atoms with E-state index in [4.69, 9.17) is 0 Å². The number of aliphatic hydroxyl groups excluding tert-OH is 1. The van der Waals surface area contributed by atoms with Crippen molar-refractivity contribution >= 4 is 27.7 Å². The van der Waals surface area contributed by atoms with Gasteiger partial charge in [-0.15, -0.1) is 11.8 Å². The van der Waals surface area contributed by atoms with Gasteiger partial charge in [0.15, 0.2) is 0 Å². The molecule has 0 radical (unpaired) electrons. The molecular formula is C22H39FN2O4S2. The predicted octanol–water partition coefficient (Wildman–Crippen LogP) is 3.66. The van der Waals surface area contributed by atoms with Crippen LogP contribution >= 0.6 is 11.8 Å². The third-order valence-corrected chi connectivity index (χ3v) is 7.78. The molecule has 0 saturated heterocycles. The molecule has 1 aliphatic carbocycles. The van der Waals surface area contributed by atoms with Gasteiger partial charge in [-0.25, -0.2) is 17.5 Å². The Hall–Kier alpha value is -1.16. The lowest BCUT2D eigenvalue weighted by molar-refractivity contribution is -0.124. The summed E-state index contributed by atoms with van der Waals surface area (Å²) < 4.78 is 39.1. The van der Waals surface area contributed by atoms with E-state index in [9.17, 15) is 22.7 Å². The summed E-state index contributed by atoms with van der Waals surface area (Å²) in [6, 6.07) is 4.34. The first-order valence-electron chi connectivity index (χ1n) is 10.8. The second-order valence-corrected chi connectivity index (χ2v) is 11.7. The summed E-state index contributed by atoms with van der Waals surface area (Å²) in [5.74, 6) is 0.930. The molecular weight excluding hydrogens is 439 g/mol. The number of carbonyl (C=O) groups excluding carboxylic acids is 1. The number of benzene rings is 1. The third-order valence-electron chi connectivity index (χ3n) is 5.96. The average molecular weight is 479 g/mol. The lowest BCUT2D eigenvalue weighted by atomic mass is 9.89. The number of thioether (sulfide) groups is 1. The number of rotatable bonds is 11. The van der Waals surface area contributed by atoms with Gasteiger partial charge >= 0.3 is 0 Å². The molecule has 6 atom stereocenters. The Balaban J connectivity index is 0.00000512. The fourth-order valence-electron chi connectivity index (χ4n) is 4.36. The first-order chi connectivity index (χ1) is 14.5. The molecule has 9 heteroatoms. The van der Waals surface area contributed by atoms with Crippen molar-refractivity contribution < 1.29 is 25.6 Å². The number of aliphatic hydroxyl groups is 1. The molecule has 1 aromatic rings. The third kappa shape index (κ3) is 8.71. The molecule has 1 saturated carbocycles. The molecule has 6 nitrogen and oxygen atoms in total. The van der Waals surface area contributed by atoms with E-state index in [-0.39, 0.29) is 14.4 Å². The van der Waals surface area contributed by atoms with E-state index < -0.39 is 34.1 Å². The fraction of sp³-hybridized carbons (Fsp3) is 0.682. The largest absolute Gasteiger partial charge is 0.391 e. The lowest BCUT2D eigenvalue weighted by Crippen LogP contribution is -2.53. The molecule has 1 amide bonds. The first kappa shape index (κ1) is 26.1. The van der Waals surface area contributed by atoms with Crippen LogP contribution < -0.4 is 10.0 Å². The summed E-state index contributed by atoms with van der Waals surface area (Å²) in [5, 5.41) is 13.6. The maximum Gasteiger partial charge on any atom is 0.239 e. The predicted molar refractivity (Wildman–Crippen MR) is 127 cm³/mol. The molecule has 3 N–H and O–H groups in total. The molecule has 1 aromatic carbocycles. The highest BCUT2D eigenvalue weighted by Crippen LogP contribution is 2.38. The van der Waals surface area contributed by atoms with Crippen LogP contribution in [0.5, 0.6) is 0 Å². The average Bonchev–Trinajstić information content (AvgIpc) is 3.00. The van der Waals surface area contributed by atoms with Gasteiger partial charge in [-0.05, 0) is 67.7 Å². The minimum absolute atomic E-state index is 0. The SMILES string of the molecule is CC[C@H](NC(=O)[C@@H](CSc1ccc(F)cc1)NS(C)(=O)=O)[C@H](O)CC1CC(C)CC1C.[HH].[HH]. The molecule has 0 spiro atoms. The van der Waals surface area contributed by atoms with Gasteiger partial charge in [0, 0.05) is 13.5 Å². The Morgan fingerprint density at radius 1 is 1.29 bits per heavy atom. The molecule has 3 unspecified atom stereocenters. The maximum atomic E-state index is 13.1. The Labute approximate surface area is 192 Å². The van der Waals surface area contributed by atoms with Gasteiger partial charge in [-0.3, -0.25) is 4.79 Å². The summed E-state index contributed by atoms with van der Waals surface area (Å²) in [6.07, 6.45) is 3.72. The van der Waals surface area contributed by atoms with E-state index in [1.165, 1.54) is 23.9 Å². The molecule has 1 aliphatic rings. The van der Waals surface area contributed by atoms with Crippen LogP contribution in [0.4, 0.5) is 4.39 Å². The van der Waals surface area contributed by atoms with Crippen molar-refractivity contribution in [2.75, 3.05) is 12.0 Å². The summed E-state index contributed by atoms with van der Waals surface area (Å²) >= 11 is 1.26. The summed E-state index contributed by atoms with van der Waals surface area (Å²) in [4.78, 5) is 13.6.